The van der Waals surface area contributed by atoms with Crippen LogP contribution < -0.4 is 9.80 Å². The van der Waals surface area contributed by atoms with Crippen LogP contribution in [0.25, 0.3) is 0 Å². The number of pyridine rings is 1. The largest absolute Gasteiger partial charge is 0.417 e. The summed E-state index contributed by atoms with van der Waals surface area (Å²) in [6, 6.07) is 4.44. The van der Waals surface area contributed by atoms with Crippen LogP contribution in [-0.2, 0) is 6.18 Å². The summed E-state index contributed by atoms with van der Waals surface area (Å²) in [6.45, 7) is 2.90. The van der Waals surface area contributed by atoms with Gasteiger partial charge in [-0.2, -0.15) is 13.2 Å². The van der Waals surface area contributed by atoms with Crippen molar-refractivity contribution < 1.29 is 13.2 Å². The quantitative estimate of drug-likeness (QED) is 0.852. The summed E-state index contributed by atoms with van der Waals surface area (Å²) in [6.07, 6.45) is 0.679. The van der Waals surface area contributed by atoms with Gasteiger partial charge in [0.1, 0.15) is 17.5 Å². The summed E-state index contributed by atoms with van der Waals surface area (Å²) >= 11 is 0. The standard InChI is InChI=1S/C17H18F3N5/c18-17(19,20)13-3-4-14(22-11-13)24-7-9-25(10-8-24)15-5-6-21-16(23-15)12-1-2-12/h3-6,11-12H,1-2,7-10H2. The molecule has 0 unspecified atom stereocenters. The van der Waals surface area contributed by atoms with Crippen LogP contribution in [0.4, 0.5) is 24.8 Å². The molecule has 2 aromatic rings. The maximum atomic E-state index is 12.6. The van der Waals surface area contributed by atoms with Gasteiger partial charge < -0.3 is 9.80 Å². The van der Waals surface area contributed by atoms with E-state index in [9.17, 15) is 13.2 Å². The molecule has 3 heterocycles. The van der Waals surface area contributed by atoms with Crippen LogP contribution >= 0.6 is 0 Å². The lowest BCUT2D eigenvalue weighted by molar-refractivity contribution is -0.137. The second kappa shape index (κ2) is 6.16. The molecule has 132 valence electrons. The first-order valence-corrected chi connectivity index (χ1v) is 8.37. The third-order valence-corrected chi connectivity index (χ3v) is 4.60. The number of anilines is 2. The molecule has 1 saturated heterocycles. The number of aromatic nitrogens is 3. The number of hydrogen-bond donors (Lipinski definition) is 0. The third-order valence-electron chi connectivity index (χ3n) is 4.60. The minimum atomic E-state index is -4.35. The summed E-state index contributed by atoms with van der Waals surface area (Å²) in [4.78, 5) is 17.1. The Labute approximate surface area is 143 Å². The molecule has 2 aliphatic rings. The molecule has 2 aromatic heterocycles. The minimum absolute atomic E-state index is 0.512. The van der Waals surface area contributed by atoms with Crippen LogP contribution in [0.5, 0.6) is 0 Å². The fraction of sp³-hybridized carbons (Fsp3) is 0.471. The Morgan fingerprint density at radius 1 is 0.880 bits per heavy atom. The number of nitrogens with zero attached hydrogens (tertiary/aromatic N) is 5. The third kappa shape index (κ3) is 3.52. The van der Waals surface area contributed by atoms with Gasteiger partial charge in [-0.25, -0.2) is 15.0 Å². The second-order valence-electron chi connectivity index (χ2n) is 6.42. The zero-order valence-electron chi connectivity index (χ0n) is 13.6. The molecule has 0 N–H and O–H groups in total. The van der Waals surface area contributed by atoms with Crippen molar-refractivity contribution in [2.24, 2.45) is 0 Å². The Bertz CT molecular complexity index is 735. The van der Waals surface area contributed by atoms with Gasteiger partial charge in [0, 0.05) is 44.5 Å². The van der Waals surface area contributed by atoms with Crippen LogP contribution in [0, 0.1) is 0 Å². The average Bonchev–Trinajstić information content (AvgIpc) is 3.47. The van der Waals surface area contributed by atoms with Crippen LogP contribution in [0.2, 0.25) is 0 Å². The predicted molar refractivity (Wildman–Crippen MR) is 87.7 cm³/mol. The van der Waals surface area contributed by atoms with Gasteiger partial charge in [0.15, 0.2) is 0 Å². The molecule has 0 aromatic carbocycles. The van der Waals surface area contributed by atoms with Gasteiger partial charge in [-0.15, -0.1) is 0 Å². The molecule has 1 aliphatic heterocycles. The lowest BCUT2D eigenvalue weighted by Gasteiger charge is -2.36. The lowest BCUT2D eigenvalue weighted by Crippen LogP contribution is -2.47. The molecule has 0 bridgehead atoms. The summed E-state index contributed by atoms with van der Waals surface area (Å²) < 4.78 is 37.9. The average molecular weight is 349 g/mol. The van der Waals surface area contributed by atoms with E-state index in [0.717, 1.165) is 49.8 Å². The summed E-state index contributed by atoms with van der Waals surface area (Å²) in [5.41, 5.74) is -0.719. The van der Waals surface area contributed by atoms with E-state index in [0.29, 0.717) is 24.8 Å². The SMILES string of the molecule is FC(F)(F)c1ccc(N2CCN(c3ccnc(C4CC4)n3)CC2)nc1. The predicted octanol–water partition coefficient (Wildman–Crippen LogP) is 3.09. The topological polar surface area (TPSA) is 45.2 Å². The highest BCUT2D eigenvalue weighted by atomic mass is 19.4. The summed E-state index contributed by atoms with van der Waals surface area (Å²) in [5.74, 6) is 2.94. The van der Waals surface area contributed by atoms with E-state index < -0.39 is 11.7 Å². The number of piperazine rings is 1. The van der Waals surface area contributed by atoms with Crippen molar-refractivity contribution >= 4 is 11.6 Å². The summed E-state index contributed by atoms with van der Waals surface area (Å²) in [7, 11) is 0. The van der Waals surface area contributed by atoms with E-state index in [-0.39, 0.29) is 0 Å². The minimum Gasteiger partial charge on any atom is -0.353 e. The first-order valence-electron chi connectivity index (χ1n) is 8.37. The van der Waals surface area contributed by atoms with Crippen LogP contribution in [0.3, 0.4) is 0 Å². The van der Waals surface area contributed by atoms with E-state index >= 15 is 0 Å². The number of rotatable bonds is 3. The van der Waals surface area contributed by atoms with Crippen molar-refractivity contribution in [2.75, 3.05) is 36.0 Å². The Kier molecular flexibility index (Phi) is 3.97. The molecule has 25 heavy (non-hydrogen) atoms. The summed E-state index contributed by atoms with van der Waals surface area (Å²) in [5, 5.41) is 0. The molecule has 5 nitrogen and oxygen atoms in total. The molecule has 2 fully saturated rings. The molecule has 1 aliphatic carbocycles. The number of alkyl halides is 3. The van der Waals surface area contributed by atoms with E-state index in [4.69, 9.17) is 0 Å². The fourth-order valence-corrected chi connectivity index (χ4v) is 2.98. The first-order chi connectivity index (χ1) is 12.0. The number of halogens is 3. The van der Waals surface area contributed by atoms with Gasteiger partial charge >= 0.3 is 6.18 Å². The highest BCUT2D eigenvalue weighted by Gasteiger charge is 2.31. The maximum Gasteiger partial charge on any atom is 0.417 e. The highest BCUT2D eigenvalue weighted by Crippen LogP contribution is 2.38. The monoisotopic (exact) mass is 349 g/mol. The second-order valence-corrected chi connectivity index (χ2v) is 6.42. The molecular formula is C17H18F3N5. The molecule has 0 amide bonds. The van der Waals surface area contributed by atoms with Gasteiger partial charge in [0.2, 0.25) is 0 Å². The van der Waals surface area contributed by atoms with Crippen LogP contribution in [-0.4, -0.2) is 41.1 Å². The van der Waals surface area contributed by atoms with Gasteiger partial charge in [-0.3, -0.25) is 0 Å². The Balaban J connectivity index is 1.40. The Morgan fingerprint density at radius 2 is 1.56 bits per heavy atom. The van der Waals surface area contributed by atoms with Crippen molar-refractivity contribution in [3.05, 3.63) is 42.0 Å². The first kappa shape index (κ1) is 16.1. The zero-order valence-corrected chi connectivity index (χ0v) is 13.6. The van der Waals surface area contributed by atoms with Gasteiger partial charge in [0.05, 0.1) is 5.56 Å². The van der Waals surface area contributed by atoms with Crippen molar-refractivity contribution in [1.29, 1.82) is 0 Å². The van der Waals surface area contributed by atoms with Gasteiger partial charge in [-0.05, 0) is 31.0 Å². The van der Waals surface area contributed by atoms with E-state index in [2.05, 4.69) is 19.9 Å². The van der Waals surface area contributed by atoms with Crippen LogP contribution in [0.15, 0.2) is 30.6 Å². The molecule has 4 rings (SSSR count). The normalized spacial score (nSPS) is 18.5. The molecule has 0 atom stereocenters. The molecule has 0 radical (unpaired) electrons. The van der Waals surface area contributed by atoms with Crippen molar-refractivity contribution in [3.63, 3.8) is 0 Å². The number of hydrogen-bond acceptors (Lipinski definition) is 5. The van der Waals surface area contributed by atoms with Gasteiger partial charge in [0.25, 0.3) is 0 Å². The van der Waals surface area contributed by atoms with Gasteiger partial charge in [-0.1, -0.05) is 0 Å². The van der Waals surface area contributed by atoms with E-state index in [1.54, 1.807) is 6.20 Å². The van der Waals surface area contributed by atoms with Crippen molar-refractivity contribution in [1.82, 2.24) is 15.0 Å². The maximum absolute atomic E-state index is 12.6. The van der Waals surface area contributed by atoms with Crippen molar-refractivity contribution in [3.8, 4) is 0 Å². The molecule has 0 spiro atoms. The zero-order chi connectivity index (χ0) is 17.4. The van der Waals surface area contributed by atoms with E-state index in [1.165, 1.54) is 6.07 Å². The Morgan fingerprint density at radius 3 is 2.12 bits per heavy atom. The van der Waals surface area contributed by atoms with E-state index in [1.807, 2.05) is 11.0 Å². The highest BCUT2D eigenvalue weighted by molar-refractivity contribution is 5.45. The van der Waals surface area contributed by atoms with Crippen molar-refractivity contribution in [2.45, 2.75) is 24.9 Å². The molecule has 8 heteroatoms. The smallest absolute Gasteiger partial charge is 0.353 e. The fourth-order valence-electron chi connectivity index (χ4n) is 2.98. The molecular weight excluding hydrogens is 331 g/mol. The molecule has 1 saturated carbocycles. The Hall–Kier alpha value is -2.38. The van der Waals surface area contributed by atoms with Crippen LogP contribution in [0.1, 0.15) is 30.1 Å². The lowest BCUT2D eigenvalue weighted by atomic mass is 10.2.